The van der Waals surface area contributed by atoms with Crippen molar-refractivity contribution in [2.75, 3.05) is 12.4 Å². The second-order valence-corrected chi connectivity index (χ2v) is 6.22. The Morgan fingerprint density at radius 1 is 1.25 bits per heavy atom. The number of rotatable bonds is 4. The van der Waals surface area contributed by atoms with E-state index in [-0.39, 0.29) is 24.1 Å². The van der Waals surface area contributed by atoms with E-state index in [1.54, 1.807) is 11.8 Å². The third-order valence-electron chi connectivity index (χ3n) is 4.48. The van der Waals surface area contributed by atoms with E-state index in [0.29, 0.717) is 12.2 Å². The molecule has 3 aromatic rings. The van der Waals surface area contributed by atoms with Gasteiger partial charge in [-0.15, -0.1) is 5.10 Å². The smallest absolute Gasteiger partial charge is 0.278 e. The topological polar surface area (TPSA) is 78.3 Å². The fraction of sp³-hybridized carbons (Fsp3) is 0.211. The summed E-state index contributed by atoms with van der Waals surface area (Å²) < 4.78 is 39.6. The quantitative estimate of drug-likeness (QED) is 0.746. The van der Waals surface area contributed by atoms with Gasteiger partial charge in [0, 0.05) is 6.07 Å². The van der Waals surface area contributed by atoms with E-state index in [2.05, 4.69) is 15.6 Å². The van der Waals surface area contributed by atoms with Gasteiger partial charge in [0.25, 0.3) is 5.91 Å². The number of amides is 1. The van der Waals surface area contributed by atoms with Crippen LogP contribution in [0.1, 0.15) is 27.8 Å². The zero-order valence-corrected chi connectivity index (χ0v) is 14.9. The zero-order valence-electron chi connectivity index (χ0n) is 14.9. The first-order valence-corrected chi connectivity index (χ1v) is 8.49. The summed E-state index contributed by atoms with van der Waals surface area (Å²) in [6, 6.07) is 10.3. The number of aromatic nitrogens is 3. The monoisotopic (exact) mass is 386 g/mol. The van der Waals surface area contributed by atoms with E-state index in [1.165, 1.54) is 0 Å². The summed E-state index contributed by atoms with van der Waals surface area (Å²) in [6.45, 7) is 0.481. The first-order valence-electron chi connectivity index (χ1n) is 8.49. The molecule has 1 aromatic heterocycles. The molecule has 9 heteroatoms. The first-order chi connectivity index (χ1) is 13.5. The molecule has 2 heterocycles. The average molecular weight is 386 g/mol. The summed E-state index contributed by atoms with van der Waals surface area (Å²) in [7, 11) is 1.59. The van der Waals surface area contributed by atoms with Gasteiger partial charge in [0.2, 0.25) is 0 Å². The van der Waals surface area contributed by atoms with Crippen molar-refractivity contribution in [2.45, 2.75) is 19.3 Å². The molecule has 0 spiro atoms. The Morgan fingerprint density at radius 3 is 2.79 bits per heavy atom. The van der Waals surface area contributed by atoms with Gasteiger partial charge >= 0.3 is 0 Å². The van der Waals surface area contributed by atoms with Crippen molar-refractivity contribution in [3.8, 4) is 5.75 Å². The number of methoxy groups -OCH3 is 1. The largest absolute Gasteiger partial charge is 0.497 e. The highest BCUT2D eigenvalue weighted by Gasteiger charge is 2.28. The summed E-state index contributed by atoms with van der Waals surface area (Å²) in [5.41, 5.74) is 1.16. The Balaban J connectivity index is 1.51. The van der Waals surface area contributed by atoms with Crippen LogP contribution < -0.4 is 10.1 Å². The zero-order chi connectivity index (χ0) is 19.7. The van der Waals surface area contributed by atoms with Crippen molar-refractivity contribution in [1.29, 1.82) is 0 Å². The Morgan fingerprint density at radius 2 is 2.04 bits per heavy atom. The van der Waals surface area contributed by atoms with Crippen molar-refractivity contribution in [3.05, 3.63) is 71.1 Å². The standard InChI is InChI=1S/C19H16F2N4O3/c1-27-13-5-2-11(3-6-13)17-9-25-16(10-28-17)18(23-24-25)19(26)22-15-8-12(20)4-7-14(15)21/h2-8,17H,9-10H2,1H3,(H,22,26). The molecule has 0 fully saturated rings. The van der Waals surface area contributed by atoms with Gasteiger partial charge < -0.3 is 14.8 Å². The lowest BCUT2D eigenvalue weighted by atomic mass is 10.1. The molecule has 4 rings (SSSR count). The van der Waals surface area contributed by atoms with Gasteiger partial charge in [-0.3, -0.25) is 4.79 Å². The molecule has 1 amide bonds. The number of benzene rings is 2. The second-order valence-electron chi connectivity index (χ2n) is 6.22. The highest BCUT2D eigenvalue weighted by atomic mass is 19.1. The van der Waals surface area contributed by atoms with E-state index >= 15 is 0 Å². The van der Waals surface area contributed by atoms with Crippen LogP contribution in [0.15, 0.2) is 42.5 Å². The number of carbonyl (C=O) groups is 1. The predicted octanol–water partition coefficient (Wildman–Crippen LogP) is 3.09. The summed E-state index contributed by atoms with van der Waals surface area (Å²) >= 11 is 0. The van der Waals surface area contributed by atoms with Crippen LogP contribution in [-0.2, 0) is 17.9 Å². The molecular weight excluding hydrogens is 370 g/mol. The SMILES string of the molecule is COc1ccc(C2Cn3nnc(C(=O)Nc4cc(F)ccc4F)c3CO2)cc1. The van der Waals surface area contributed by atoms with E-state index < -0.39 is 17.5 Å². The van der Waals surface area contributed by atoms with Crippen LogP contribution in [0, 0.1) is 11.6 Å². The van der Waals surface area contributed by atoms with Crippen LogP contribution in [0.4, 0.5) is 14.5 Å². The third-order valence-corrected chi connectivity index (χ3v) is 4.48. The molecule has 2 aromatic carbocycles. The van der Waals surface area contributed by atoms with Crippen LogP contribution in [0.3, 0.4) is 0 Å². The summed E-state index contributed by atoms with van der Waals surface area (Å²) in [5, 5.41) is 10.2. The fourth-order valence-corrected chi connectivity index (χ4v) is 2.98. The summed E-state index contributed by atoms with van der Waals surface area (Å²) in [4.78, 5) is 12.4. The number of hydrogen-bond donors (Lipinski definition) is 1. The van der Waals surface area contributed by atoms with Gasteiger partial charge in [-0.05, 0) is 29.8 Å². The minimum absolute atomic E-state index is 0.0110. The van der Waals surface area contributed by atoms with Crippen molar-refractivity contribution < 1.29 is 23.0 Å². The molecular formula is C19H16F2N4O3. The van der Waals surface area contributed by atoms with E-state index in [0.717, 1.165) is 29.5 Å². The van der Waals surface area contributed by atoms with E-state index in [4.69, 9.17) is 9.47 Å². The van der Waals surface area contributed by atoms with Crippen molar-refractivity contribution in [1.82, 2.24) is 15.0 Å². The molecule has 1 unspecified atom stereocenters. The molecule has 7 nitrogen and oxygen atoms in total. The van der Waals surface area contributed by atoms with Gasteiger partial charge in [0.15, 0.2) is 5.69 Å². The molecule has 0 bridgehead atoms. The summed E-state index contributed by atoms with van der Waals surface area (Å²) in [5.74, 6) is -1.35. The van der Waals surface area contributed by atoms with Gasteiger partial charge in [-0.1, -0.05) is 17.3 Å². The molecule has 1 aliphatic heterocycles. The van der Waals surface area contributed by atoms with Gasteiger partial charge in [-0.25, -0.2) is 13.5 Å². The van der Waals surface area contributed by atoms with Gasteiger partial charge in [0.1, 0.15) is 23.5 Å². The number of anilines is 1. The normalized spacial score (nSPS) is 15.8. The van der Waals surface area contributed by atoms with Crippen molar-refractivity contribution in [3.63, 3.8) is 0 Å². The van der Waals surface area contributed by atoms with Crippen molar-refractivity contribution in [2.24, 2.45) is 0 Å². The Kier molecular flexibility index (Phi) is 4.74. The maximum atomic E-state index is 13.7. The highest BCUT2D eigenvalue weighted by Crippen LogP contribution is 2.28. The molecule has 1 aliphatic rings. The number of carbonyl (C=O) groups excluding carboxylic acids is 1. The average Bonchev–Trinajstić information content (AvgIpc) is 3.14. The molecule has 0 radical (unpaired) electrons. The predicted molar refractivity (Wildman–Crippen MR) is 94.9 cm³/mol. The van der Waals surface area contributed by atoms with Crippen LogP contribution in [0.2, 0.25) is 0 Å². The van der Waals surface area contributed by atoms with Gasteiger partial charge in [-0.2, -0.15) is 0 Å². The number of hydrogen-bond acceptors (Lipinski definition) is 5. The summed E-state index contributed by atoms with van der Waals surface area (Å²) in [6.07, 6.45) is -0.253. The van der Waals surface area contributed by atoms with Crippen molar-refractivity contribution >= 4 is 11.6 Å². The third kappa shape index (κ3) is 3.44. The van der Waals surface area contributed by atoms with Crippen LogP contribution in [0.5, 0.6) is 5.75 Å². The minimum atomic E-state index is -0.744. The molecule has 28 heavy (non-hydrogen) atoms. The maximum absolute atomic E-state index is 13.7. The number of ether oxygens (including phenoxy) is 2. The molecule has 0 aliphatic carbocycles. The number of fused-ring (bicyclic) bond motifs is 1. The Hall–Kier alpha value is -3.33. The molecule has 1 N–H and O–H groups in total. The second kappa shape index (κ2) is 7.35. The first kappa shape index (κ1) is 18.1. The Labute approximate surface area is 158 Å². The lowest BCUT2D eigenvalue weighted by Gasteiger charge is -2.24. The fourth-order valence-electron chi connectivity index (χ4n) is 2.98. The maximum Gasteiger partial charge on any atom is 0.278 e. The van der Waals surface area contributed by atoms with E-state index in [1.807, 2.05) is 24.3 Å². The number of nitrogens with one attached hydrogen (secondary N) is 1. The van der Waals surface area contributed by atoms with Gasteiger partial charge in [0.05, 0.1) is 31.6 Å². The number of halogens is 2. The van der Waals surface area contributed by atoms with Crippen LogP contribution >= 0.6 is 0 Å². The Bertz CT molecular complexity index is 1020. The lowest BCUT2D eigenvalue weighted by molar-refractivity contribution is -0.00173. The molecule has 144 valence electrons. The molecule has 0 saturated carbocycles. The molecule has 0 saturated heterocycles. The van der Waals surface area contributed by atoms with Crippen LogP contribution in [0.25, 0.3) is 0 Å². The number of nitrogens with zero attached hydrogens (tertiary/aromatic N) is 3. The highest BCUT2D eigenvalue weighted by molar-refractivity contribution is 6.03. The lowest BCUT2D eigenvalue weighted by Crippen LogP contribution is -2.24. The minimum Gasteiger partial charge on any atom is -0.497 e. The van der Waals surface area contributed by atoms with Crippen LogP contribution in [-0.4, -0.2) is 28.0 Å². The molecule has 1 atom stereocenters. The van der Waals surface area contributed by atoms with E-state index in [9.17, 15) is 13.6 Å².